The number of esters is 1. The van der Waals surface area contributed by atoms with Crippen LogP contribution in [0, 0.1) is 5.92 Å². The van der Waals surface area contributed by atoms with Crippen LogP contribution in [0.3, 0.4) is 0 Å². The topological polar surface area (TPSA) is 75.6 Å². The number of nitrogens with one attached hydrogen (secondary N) is 1. The zero-order chi connectivity index (χ0) is 13.1. The number of ether oxygens (including phenoxy) is 1. The van der Waals surface area contributed by atoms with Gasteiger partial charge >= 0.3 is 5.97 Å². The Kier molecular flexibility index (Phi) is 3.50. The zero-order valence-corrected chi connectivity index (χ0v) is 10.1. The third-order valence-electron chi connectivity index (χ3n) is 3.06. The van der Waals surface area contributed by atoms with Crippen molar-refractivity contribution >= 4 is 18.1 Å². The van der Waals surface area contributed by atoms with Crippen molar-refractivity contribution in [2.45, 2.75) is 19.3 Å². The first-order valence-corrected chi connectivity index (χ1v) is 5.87. The third-order valence-corrected chi connectivity index (χ3v) is 3.06. The Morgan fingerprint density at radius 2 is 2.39 bits per heavy atom. The van der Waals surface area contributed by atoms with Crippen molar-refractivity contribution in [3.8, 4) is 5.75 Å². The number of carbonyl (C=O) groups is 2. The number of benzene rings is 1. The standard InChI is InChI=1S/C13H15NO4/c1-2-18-13(17)10-6-9(10)8-4-3-5-11(12(8)16)14-7-15/h3-5,7,9-10,16H,2,6H2,1H3,(H,14,15)/t9-,10+/m0/s1. The molecule has 0 heterocycles. The summed E-state index contributed by atoms with van der Waals surface area (Å²) in [6.45, 7) is 2.13. The van der Waals surface area contributed by atoms with Gasteiger partial charge in [-0.2, -0.15) is 0 Å². The van der Waals surface area contributed by atoms with E-state index in [-0.39, 0.29) is 23.6 Å². The molecule has 1 aliphatic carbocycles. The molecule has 96 valence electrons. The first kappa shape index (κ1) is 12.4. The van der Waals surface area contributed by atoms with E-state index in [1.165, 1.54) is 0 Å². The first-order chi connectivity index (χ1) is 8.69. The number of para-hydroxylation sites is 1. The van der Waals surface area contributed by atoms with Gasteiger partial charge < -0.3 is 15.2 Å². The van der Waals surface area contributed by atoms with Crippen molar-refractivity contribution < 1.29 is 19.4 Å². The summed E-state index contributed by atoms with van der Waals surface area (Å²) in [5.74, 6) is -0.392. The van der Waals surface area contributed by atoms with Crippen LogP contribution in [0.1, 0.15) is 24.8 Å². The summed E-state index contributed by atoms with van der Waals surface area (Å²) in [4.78, 5) is 21.9. The van der Waals surface area contributed by atoms with Crippen molar-refractivity contribution in [2.75, 3.05) is 11.9 Å². The van der Waals surface area contributed by atoms with E-state index in [2.05, 4.69) is 5.32 Å². The molecule has 5 heteroatoms. The Morgan fingerprint density at radius 3 is 3.06 bits per heavy atom. The highest BCUT2D eigenvalue weighted by Gasteiger charge is 2.46. The van der Waals surface area contributed by atoms with Crippen LogP contribution in [-0.2, 0) is 14.3 Å². The fourth-order valence-electron chi connectivity index (χ4n) is 2.09. The lowest BCUT2D eigenvalue weighted by Gasteiger charge is -2.08. The van der Waals surface area contributed by atoms with E-state index in [1.54, 1.807) is 25.1 Å². The minimum absolute atomic E-state index is 0.0162. The lowest BCUT2D eigenvalue weighted by Crippen LogP contribution is -2.07. The van der Waals surface area contributed by atoms with E-state index < -0.39 is 0 Å². The predicted octanol–water partition coefficient (Wildman–Crippen LogP) is 1.63. The lowest BCUT2D eigenvalue weighted by atomic mass is 10.1. The highest BCUT2D eigenvalue weighted by Crippen LogP contribution is 2.52. The van der Waals surface area contributed by atoms with Gasteiger partial charge in [0.05, 0.1) is 18.2 Å². The van der Waals surface area contributed by atoms with E-state index in [0.29, 0.717) is 30.7 Å². The molecule has 1 amide bonds. The Bertz CT molecular complexity index is 472. The van der Waals surface area contributed by atoms with Gasteiger partial charge in [0.15, 0.2) is 0 Å². The van der Waals surface area contributed by atoms with Crippen LogP contribution >= 0.6 is 0 Å². The van der Waals surface area contributed by atoms with Crippen molar-refractivity contribution in [1.82, 2.24) is 0 Å². The summed E-state index contributed by atoms with van der Waals surface area (Å²) in [6, 6.07) is 5.10. The maximum atomic E-state index is 11.5. The van der Waals surface area contributed by atoms with Crippen molar-refractivity contribution in [2.24, 2.45) is 5.92 Å². The quantitative estimate of drug-likeness (QED) is 0.472. The molecule has 1 fully saturated rings. The molecule has 1 aromatic rings. The van der Waals surface area contributed by atoms with Crippen LogP contribution in [0.25, 0.3) is 0 Å². The Hall–Kier alpha value is -2.04. The number of rotatable bonds is 5. The van der Waals surface area contributed by atoms with E-state index in [1.807, 2.05) is 0 Å². The summed E-state index contributed by atoms with van der Waals surface area (Å²) in [6.07, 6.45) is 1.19. The van der Waals surface area contributed by atoms with Crippen LogP contribution in [0.5, 0.6) is 5.75 Å². The maximum Gasteiger partial charge on any atom is 0.309 e. The van der Waals surface area contributed by atoms with Gasteiger partial charge in [0.25, 0.3) is 0 Å². The highest BCUT2D eigenvalue weighted by atomic mass is 16.5. The normalized spacial score (nSPS) is 21.2. The van der Waals surface area contributed by atoms with E-state index in [9.17, 15) is 14.7 Å². The largest absolute Gasteiger partial charge is 0.505 e. The van der Waals surface area contributed by atoms with Gasteiger partial charge in [-0.3, -0.25) is 9.59 Å². The second-order valence-electron chi connectivity index (χ2n) is 4.21. The average molecular weight is 249 g/mol. The fraction of sp³-hybridized carbons (Fsp3) is 0.385. The highest BCUT2D eigenvalue weighted by molar-refractivity contribution is 5.80. The zero-order valence-electron chi connectivity index (χ0n) is 10.1. The van der Waals surface area contributed by atoms with Crippen LogP contribution in [0.15, 0.2) is 18.2 Å². The number of hydrogen-bond acceptors (Lipinski definition) is 4. The van der Waals surface area contributed by atoms with Crippen molar-refractivity contribution in [1.29, 1.82) is 0 Å². The summed E-state index contributed by atoms with van der Waals surface area (Å²) in [5, 5.41) is 12.4. The van der Waals surface area contributed by atoms with E-state index in [0.717, 1.165) is 0 Å². The van der Waals surface area contributed by atoms with Gasteiger partial charge in [-0.25, -0.2) is 0 Å². The molecule has 0 saturated heterocycles. The molecule has 0 spiro atoms. The minimum Gasteiger partial charge on any atom is -0.505 e. The van der Waals surface area contributed by atoms with Gasteiger partial charge in [-0.05, 0) is 19.4 Å². The summed E-state index contributed by atoms with van der Waals surface area (Å²) in [5.41, 5.74) is 1.04. The second kappa shape index (κ2) is 5.08. The fourth-order valence-corrected chi connectivity index (χ4v) is 2.09. The number of aromatic hydroxyl groups is 1. The van der Waals surface area contributed by atoms with Crippen LogP contribution in [0.2, 0.25) is 0 Å². The molecular weight excluding hydrogens is 234 g/mol. The van der Waals surface area contributed by atoms with E-state index >= 15 is 0 Å². The number of phenolic OH excluding ortho intramolecular Hbond substituents is 1. The molecular formula is C13H15NO4. The summed E-state index contributed by atoms with van der Waals surface area (Å²) in [7, 11) is 0. The molecule has 0 unspecified atom stereocenters. The van der Waals surface area contributed by atoms with Crippen molar-refractivity contribution in [3.63, 3.8) is 0 Å². The van der Waals surface area contributed by atoms with Gasteiger partial charge in [-0.15, -0.1) is 0 Å². The van der Waals surface area contributed by atoms with Crippen LogP contribution in [0.4, 0.5) is 5.69 Å². The Morgan fingerprint density at radius 1 is 1.61 bits per heavy atom. The third kappa shape index (κ3) is 2.30. The van der Waals surface area contributed by atoms with Crippen LogP contribution in [-0.4, -0.2) is 24.1 Å². The minimum atomic E-state index is -0.226. The molecule has 2 atom stereocenters. The van der Waals surface area contributed by atoms with E-state index in [4.69, 9.17) is 4.74 Å². The molecule has 2 rings (SSSR count). The monoisotopic (exact) mass is 249 g/mol. The lowest BCUT2D eigenvalue weighted by molar-refractivity contribution is -0.144. The molecule has 1 aliphatic rings. The average Bonchev–Trinajstić information content (AvgIpc) is 3.12. The predicted molar refractivity (Wildman–Crippen MR) is 65.3 cm³/mol. The maximum absolute atomic E-state index is 11.5. The number of hydrogen-bond donors (Lipinski definition) is 2. The number of anilines is 1. The molecule has 0 aliphatic heterocycles. The molecule has 1 aromatic carbocycles. The molecule has 2 N–H and O–H groups in total. The van der Waals surface area contributed by atoms with Gasteiger partial charge in [0.1, 0.15) is 5.75 Å². The smallest absolute Gasteiger partial charge is 0.309 e. The van der Waals surface area contributed by atoms with Crippen LogP contribution < -0.4 is 5.32 Å². The Labute approximate surface area is 105 Å². The van der Waals surface area contributed by atoms with Crippen molar-refractivity contribution in [3.05, 3.63) is 23.8 Å². The number of phenols is 1. The number of amides is 1. The SMILES string of the molecule is CCOC(=O)[C@@H]1C[C@H]1c1cccc(NC=O)c1O. The molecule has 5 nitrogen and oxygen atoms in total. The molecule has 1 saturated carbocycles. The second-order valence-corrected chi connectivity index (χ2v) is 4.21. The Balaban J connectivity index is 2.14. The van der Waals surface area contributed by atoms with Gasteiger partial charge in [0, 0.05) is 11.5 Å². The molecule has 18 heavy (non-hydrogen) atoms. The van der Waals surface area contributed by atoms with Gasteiger partial charge in [0.2, 0.25) is 6.41 Å². The van der Waals surface area contributed by atoms with Gasteiger partial charge in [-0.1, -0.05) is 12.1 Å². The number of carbonyl (C=O) groups excluding carboxylic acids is 2. The molecule has 0 radical (unpaired) electrons. The molecule has 0 aromatic heterocycles. The first-order valence-electron chi connectivity index (χ1n) is 5.87. The summed E-state index contributed by atoms with van der Waals surface area (Å²) >= 11 is 0. The molecule has 0 bridgehead atoms. The summed E-state index contributed by atoms with van der Waals surface area (Å²) < 4.78 is 4.94.